The summed E-state index contributed by atoms with van der Waals surface area (Å²) in [4.78, 5) is 0. The van der Waals surface area contributed by atoms with Crippen LogP contribution in [-0.2, 0) is 14.9 Å². The lowest BCUT2D eigenvalue weighted by atomic mass is 10.1. The smallest absolute Gasteiger partial charge is 0.277 e. The molecular formula is C9H21N3O3S. The zero-order chi connectivity index (χ0) is 12.4. The minimum Gasteiger partial charge on any atom is -0.378 e. The number of rotatable bonds is 4. The second-order valence-corrected chi connectivity index (χ2v) is 6.46. The van der Waals surface area contributed by atoms with Crippen LogP contribution >= 0.6 is 0 Å². The van der Waals surface area contributed by atoms with Gasteiger partial charge in [0.25, 0.3) is 10.2 Å². The van der Waals surface area contributed by atoms with E-state index in [0.29, 0.717) is 13.1 Å². The molecule has 0 aliphatic carbocycles. The van der Waals surface area contributed by atoms with E-state index in [1.807, 2.05) is 0 Å². The summed E-state index contributed by atoms with van der Waals surface area (Å²) in [6, 6.07) is -0.218. The molecule has 1 aliphatic rings. The van der Waals surface area contributed by atoms with Gasteiger partial charge in [-0.25, -0.2) is 0 Å². The van der Waals surface area contributed by atoms with Gasteiger partial charge in [-0.05, 0) is 20.8 Å². The van der Waals surface area contributed by atoms with Crippen LogP contribution < -0.4 is 14.8 Å². The van der Waals surface area contributed by atoms with Crippen LogP contribution in [-0.4, -0.2) is 46.3 Å². The SMILES string of the molecule is CO[C@H]1CNCC1NS(=O)(=O)NC(C)(C)C. The highest BCUT2D eigenvalue weighted by Gasteiger charge is 2.31. The van der Waals surface area contributed by atoms with Crippen molar-refractivity contribution in [2.24, 2.45) is 0 Å². The molecule has 1 aliphatic heterocycles. The third-order valence-corrected chi connectivity index (χ3v) is 3.70. The van der Waals surface area contributed by atoms with E-state index in [2.05, 4.69) is 14.8 Å². The van der Waals surface area contributed by atoms with Crippen LogP contribution in [0.2, 0.25) is 0 Å². The van der Waals surface area contributed by atoms with Crippen LogP contribution in [0.25, 0.3) is 0 Å². The highest BCUT2D eigenvalue weighted by molar-refractivity contribution is 7.87. The maximum Gasteiger partial charge on any atom is 0.277 e. The van der Waals surface area contributed by atoms with Gasteiger partial charge in [-0.3, -0.25) is 0 Å². The Balaban J connectivity index is 2.59. The molecule has 0 aromatic carbocycles. The maximum atomic E-state index is 11.8. The lowest BCUT2D eigenvalue weighted by Gasteiger charge is -2.24. The van der Waals surface area contributed by atoms with Gasteiger partial charge in [0, 0.05) is 25.7 Å². The molecule has 0 aromatic rings. The fourth-order valence-electron chi connectivity index (χ4n) is 1.65. The quantitative estimate of drug-likeness (QED) is 0.611. The summed E-state index contributed by atoms with van der Waals surface area (Å²) < 4.78 is 33.8. The van der Waals surface area contributed by atoms with Crippen molar-refractivity contribution in [2.45, 2.75) is 38.5 Å². The largest absolute Gasteiger partial charge is 0.378 e. The summed E-state index contributed by atoms with van der Waals surface area (Å²) in [5.41, 5.74) is -0.486. The van der Waals surface area contributed by atoms with Gasteiger partial charge in [0.15, 0.2) is 0 Å². The number of nitrogens with one attached hydrogen (secondary N) is 3. The van der Waals surface area contributed by atoms with Gasteiger partial charge < -0.3 is 10.1 Å². The minimum atomic E-state index is -3.49. The van der Waals surface area contributed by atoms with E-state index < -0.39 is 15.7 Å². The Kier molecular flexibility index (Phi) is 4.30. The van der Waals surface area contributed by atoms with Crippen LogP contribution in [0.5, 0.6) is 0 Å². The summed E-state index contributed by atoms with van der Waals surface area (Å²) in [5.74, 6) is 0. The third-order valence-electron chi connectivity index (χ3n) is 2.21. The van der Waals surface area contributed by atoms with Crippen molar-refractivity contribution in [3.05, 3.63) is 0 Å². The average molecular weight is 251 g/mol. The molecule has 1 rings (SSSR count). The third kappa shape index (κ3) is 4.34. The molecule has 0 amide bonds. The molecule has 0 radical (unpaired) electrons. The van der Waals surface area contributed by atoms with E-state index in [4.69, 9.17) is 4.74 Å². The van der Waals surface area contributed by atoms with Crippen molar-refractivity contribution in [3.8, 4) is 0 Å². The Labute approximate surface area is 97.3 Å². The molecule has 1 saturated heterocycles. The van der Waals surface area contributed by atoms with Crippen molar-refractivity contribution in [1.29, 1.82) is 0 Å². The van der Waals surface area contributed by atoms with Crippen LogP contribution in [0.4, 0.5) is 0 Å². The van der Waals surface area contributed by atoms with E-state index in [9.17, 15) is 8.42 Å². The molecule has 6 nitrogen and oxygen atoms in total. The van der Waals surface area contributed by atoms with Gasteiger partial charge in [-0.2, -0.15) is 17.9 Å². The van der Waals surface area contributed by atoms with E-state index in [1.54, 1.807) is 27.9 Å². The zero-order valence-corrected chi connectivity index (χ0v) is 11.0. The van der Waals surface area contributed by atoms with Crippen LogP contribution in [0.3, 0.4) is 0 Å². The molecule has 1 heterocycles. The average Bonchev–Trinajstić information content (AvgIpc) is 2.45. The molecule has 0 spiro atoms. The van der Waals surface area contributed by atoms with Gasteiger partial charge >= 0.3 is 0 Å². The first-order valence-corrected chi connectivity index (χ1v) is 6.76. The Hall–Kier alpha value is -0.210. The number of methoxy groups -OCH3 is 1. The molecule has 1 fully saturated rings. The van der Waals surface area contributed by atoms with Crippen LogP contribution in [0.1, 0.15) is 20.8 Å². The first kappa shape index (κ1) is 13.9. The predicted molar refractivity (Wildman–Crippen MR) is 62.4 cm³/mol. The molecule has 7 heteroatoms. The molecule has 2 atom stereocenters. The topological polar surface area (TPSA) is 79.5 Å². The van der Waals surface area contributed by atoms with Gasteiger partial charge in [0.2, 0.25) is 0 Å². The molecule has 0 saturated carbocycles. The van der Waals surface area contributed by atoms with E-state index >= 15 is 0 Å². The van der Waals surface area contributed by atoms with Crippen molar-refractivity contribution >= 4 is 10.2 Å². The van der Waals surface area contributed by atoms with E-state index in [0.717, 1.165) is 0 Å². The Bertz CT molecular complexity index is 323. The van der Waals surface area contributed by atoms with E-state index in [1.165, 1.54) is 0 Å². The van der Waals surface area contributed by atoms with Gasteiger partial charge in [-0.1, -0.05) is 0 Å². The summed E-state index contributed by atoms with van der Waals surface area (Å²) in [7, 11) is -1.91. The minimum absolute atomic E-state index is 0.114. The van der Waals surface area contributed by atoms with Crippen molar-refractivity contribution in [1.82, 2.24) is 14.8 Å². The van der Waals surface area contributed by atoms with Gasteiger partial charge in [0.1, 0.15) is 0 Å². The van der Waals surface area contributed by atoms with E-state index in [-0.39, 0.29) is 12.1 Å². The fraction of sp³-hybridized carbons (Fsp3) is 1.00. The van der Waals surface area contributed by atoms with Gasteiger partial charge in [-0.15, -0.1) is 0 Å². The molecule has 96 valence electrons. The lowest BCUT2D eigenvalue weighted by molar-refractivity contribution is 0.102. The van der Waals surface area contributed by atoms with Crippen molar-refractivity contribution < 1.29 is 13.2 Å². The Morgan fingerprint density at radius 2 is 1.94 bits per heavy atom. The summed E-state index contributed by atoms with van der Waals surface area (Å²) in [6.45, 7) is 6.65. The monoisotopic (exact) mass is 251 g/mol. The Morgan fingerprint density at radius 1 is 1.31 bits per heavy atom. The predicted octanol–water partition coefficient (Wildman–Crippen LogP) is -0.804. The van der Waals surface area contributed by atoms with Crippen molar-refractivity contribution in [3.63, 3.8) is 0 Å². The highest BCUT2D eigenvalue weighted by Crippen LogP contribution is 2.06. The fourth-order valence-corrected chi connectivity index (χ4v) is 3.15. The Morgan fingerprint density at radius 3 is 2.44 bits per heavy atom. The summed E-state index contributed by atoms with van der Waals surface area (Å²) >= 11 is 0. The maximum absolute atomic E-state index is 11.8. The van der Waals surface area contributed by atoms with Crippen LogP contribution in [0, 0.1) is 0 Å². The van der Waals surface area contributed by atoms with Crippen molar-refractivity contribution in [2.75, 3.05) is 20.2 Å². The molecule has 0 aromatic heterocycles. The zero-order valence-electron chi connectivity index (χ0n) is 10.2. The summed E-state index contributed by atoms with van der Waals surface area (Å²) in [5, 5.41) is 3.08. The second kappa shape index (κ2) is 4.97. The normalized spacial score (nSPS) is 27.2. The first-order chi connectivity index (χ1) is 7.23. The highest BCUT2D eigenvalue weighted by atomic mass is 32.2. The molecule has 1 unspecified atom stereocenters. The summed E-state index contributed by atoms with van der Waals surface area (Å²) in [6.07, 6.45) is -0.114. The van der Waals surface area contributed by atoms with Gasteiger partial charge in [0.05, 0.1) is 12.1 Å². The van der Waals surface area contributed by atoms with Crippen LogP contribution in [0.15, 0.2) is 0 Å². The molecule has 3 N–H and O–H groups in total. The molecule has 0 bridgehead atoms. The lowest BCUT2D eigenvalue weighted by Crippen LogP contribution is -2.52. The number of ether oxygens (including phenoxy) is 1. The molecular weight excluding hydrogens is 230 g/mol. The number of hydrogen-bond donors (Lipinski definition) is 3. The number of hydrogen-bond acceptors (Lipinski definition) is 4. The standard InChI is InChI=1S/C9H21N3O3S/c1-9(2,3)12-16(13,14)11-7-5-10-6-8(7)15-4/h7-8,10-12H,5-6H2,1-4H3/t7?,8-/m0/s1. The molecule has 16 heavy (non-hydrogen) atoms. The first-order valence-electron chi connectivity index (χ1n) is 5.28. The second-order valence-electron chi connectivity index (χ2n) is 5.01.